The average molecular weight is 358 g/mol. The Morgan fingerprint density at radius 1 is 1.04 bits per heavy atom. The van der Waals surface area contributed by atoms with E-state index in [0.29, 0.717) is 16.9 Å². The summed E-state index contributed by atoms with van der Waals surface area (Å²) in [5.41, 5.74) is 1.70. The molecular formula is C19H20ClN3O2. The Morgan fingerprint density at radius 2 is 1.76 bits per heavy atom. The number of fused-ring (bicyclic) bond motifs is 1. The summed E-state index contributed by atoms with van der Waals surface area (Å²) >= 11 is 6.43. The van der Waals surface area contributed by atoms with E-state index in [0.717, 1.165) is 22.3 Å². The van der Waals surface area contributed by atoms with E-state index in [2.05, 4.69) is 9.97 Å². The van der Waals surface area contributed by atoms with E-state index in [4.69, 9.17) is 21.1 Å². The second-order valence-electron chi connectivity index (χ2n) is 5.89. The second-order valence-corrected chi connectivity index (χ2v) is 6.29. The highest BCUT2D eigenvalue weighted by Crippen LogP contribution is 2.35. The molecule has 0 unspecified atom stereocenters. The van der Waals surface area contributed by atoms with Gasteiger partial charge in [0, 0.05) is 12.7 Å². The van der Waals surface area contributed by atoms with Crippen LogP contribution in [0.25, 0.3) is 10.9 Å². The fourth-order valence-electron chi connectivity index (χ4n) is 2.54. The molecule has 0 amide bonds. The first-order valence-corrected chi connectivity index (χ1v) is 8.38. The van der Waals surface area contributed by atoms with E-state index >= 15 is 0 Å². The van der Waals surface area contributed by atoms with Crippen LogP contribution < -0.4 is 14.4 Å². The molecule has 0 saturated carbocycles. The van der Waals surface area contributed by atoms with Crippen molar-refractivity contribution in [3.05, 3.63) is 47.5 Å². The lowest BCUT2D eigenvalue weighted by atomic mass is 10.2. The lowest BCUT2D eigenvalue weighted by Crippen LogP contribution is -2.15. The zero-order chi connectivity index (χ0) is 18.0. The van der Waals surface area contributed by atoms with E-state index in [1.165, 1.54) is 0 Å². The molecule has 0 saturated heterocycles. The van der Waals surface area contributed by atoms with Gasteiger partial charge in [-0.3, -0.25) is 0 Å². The van der Waals surface area contributed by atoms with Gasteiger partial charge in [0.25, 0.3) is 0 Å². The molecule has 0 bridgehead atoms. The molecule has 1 aromatic heterocycles. The zero-order valence-electron chi connectivity index (χ0n) is 14.7. The van der Waals surface area contributed by atoms with Crippen LogP contribution in [0.1, 0.15) is 13.8 Å². The smallest absolute Gasteiger partial charge is 0.319 e. The summed E-state index contributed by atoms with van der Waals surface area (Å²) in [6.45, 7) is 3.89. The number of aromatic nitrogens is 2. The Morgan fingerprint density at radius 3 is 2.40 bits per heavy atom. The molecule has 0 radical (unpaired) electrons. The summed E-state index contributed by atoms with van der Waals surface area (Å²) in [4.78, 5) is 11.0. The molecule has 0 spiro atoms. The molecule has 5 nitrogen and oxygen atoms in total. The number of hydrogen-bond acceptors (Lipinski definition) is 5. The Kier molecular flexibility index (Phi) is 4.95. The molecule has 3 aromatic rings. The first kappa shape index (κ1) is 17.3. The van der Waals surface area contributed by atoms with Crippen molar-refractivity contribution in [1.82, 2.24) is 9.97 Å². The van der Waals surface area contributed by atoms with Crippen LogP contribution in [0.4, 0.5) is 11.5 Å². The molecule has 0 atom stereocenters. The molecular weight excluding hydrogens is 338 g/mol. The Labute approximate surface area is 152 Å². The first-order valence-electron chi connectivity index (χ1n) is 8.00. The van der Waals surface area contributed by atoms with Crippen LogP contribution in [0.3, 0.4) is 0 Å². The monoisotopic (exact) mass is 357 g/mol. The van der Waals surface area contributed by atoms with Gasteiger partial charge >= 0.3 is 6.01 Å². The Bertz CT molecular complexity index is 882. The van der Waals surface area contributed by atoms with Gasteiger partial charge < -0.3 is 14.4 Å². The van der Waals surface area contributed by atoms with Crippen LogP contribution in [0.15, 0.2) is 42.5 Å². The largest absolute Gasteiger partial charge is 0.497 e. The van der Waals surface area contributed by atoms with Gasteiger partial charge in [-0.2, -0.15) is 9.97 Å². The van der Waals surface area contributed by atoms with E-state index in [1.54, 1.807) is 7.11 Å². The fraction of sp³-hybridized carbons (Fsp3) is 0.263. The van der Waals surface area contributed by atoms with Crippen molar-refractivity contribution in [3.8, 4) is 11.8 Å². The van der Waals surface area contributed by atoms with Crippen LogP contribution in [0.5, 0.6) is 11.8 Å². The van der Waals surface area contributed by atoms with Crippen molar-refractivity contribution in [2.45, 2.75) is 20.0 Å². The van der Waals surface area contributed by atoms with Crippen LogP contribution >= 0.6 is 11.6 Å². The average Bonchev–Trinajstić information content (AvgIpc) is 2.60. The number of anilines is 2. The molecule has 0 N–H and O–H groups in total. The van der Waals surface area contributed by atoms with Crippen molar-refractivity contribution >= 4 is 34.0 Å². The topological polar surface area (TPSA) is 47.5 Å². The van der Waals surface area contributed by atoms with E-state index < -0.39 is 0 Å². The third kappa shape index (κ3) is 3.61. The Balaban J connectivity index is 2.14. The maximum atomic E-state index is 6.43. The summed E-state index contributed by atoms with van der Waals surface area (Å²) < 4.78 is 10.9. The lowest BCUT2D eigenvalue weighted by Gasteiger charge is -2.21. The van der Waals surface area contributed by atoms with Crippen LogP contribution in [0.2, 0.25) is 5.02 Å². The summed E-state index contributed by atoms with van der Waals surface area (Å²) in [6.07, 6.45) is -0.0178. The van der Waals surface area contributed by atoms with Crippen molar-refractivity contribution in [1.29, 1.82) is 0 Å². The minimum Gasteiger partial charge on any atom is -0.497 e. The molecule has 130 valence electrons. The predicted molar refractivity (Wildman–Crippen MR) is 101 cm³/mol. The first-order chi connectivity index (χ1) is 12.0. The number of nitrogens with zero attached hydrogens (tertiary/aromatic N) is 3. The van der Waals surface area contributed by atoms with Gasteiger partial charge in [-0.25, -0.2) is 0 Å². The quantitative estimate of drug-likeness (QED) is 0.653. The van der Waals surface area contributed by atoms with Gasteiger partial charge in [0.05, 0.1) is 29.1 Å². The molecule has 2 aromatic carbocycles. The van der Waals surface area contributed by atoms with Crippen LogP contribution in [-0.2, 0) is 0 Å². The standard InChI is InChI=1S/C19H20ClN3O2/c1-12(2)25-19-21-16-7-5-6-15(20)17(16)18(22-19)23(3)13-8-10-14(24-4)11-9-13/h5-12H,1-4H3. The number of hydrogen-bond donors (Lipinski definition) is 0. The van der Waals surface area contributed by atoms with E-state index in [1.807, 2.05) is 68.3 Å². The Hall–Kier alpha value is -2.53. The summed E-state index contributed by atoms with van der Waals surface area (Å²) in [6, 6.07) is 13.7. The number of benzene rings is 2. The summed E-state index contributed by atoms with van der Waals surface area (Å²) in [5.74, 6) is 1.49. The van der Waals surface area contributed by atoms with Gasteiger partial charge in [-0.15, -0.1) is 0 Å². The van der Waals surface area contributed by atoms with Crippen molar-refractivity contribution in [2.24, 2.45) is 0 Å². The molecule has 0 aliphatic heterocycles. The van der Waals surface area contributed by atoms with Gasteiger partial charge in [0.15, 0.2) is 0 Å². The molecule has 0 aliphatic rings. The molecule has 25 heavy (non-hydrogen) atoms. The SMILES string of the molecule is COc1ccc(N(C)c2nc(OC(C)C)nc3cccc(Cl)c23)cc1. The molecule has 3 rings (SSSR count). The predicted octanol–water partition coefficient (Wildman–Crippen LogP) is 4.85. The van der Waals surface area contributed by atoms with Crippen molar-refractivity contribution in [2.75, 3.05) is 19.1 Å². The van der Waals surface area contributed by atoms with Crippen LogP contribution in [-0.4, -0.2) is 30.2 Å². The highest BCUT2D eigenvalue weighted by Gasteiger charge is 2.17. The van der Waals surface area contributed by atoms with Gasteiger partial charge in [-0.05, 0) is 50.2 Å². The van der Waals surface area contributed by atoms with E-state index in [9.17, 15) is 0 Å². The maximum absolute atomic E-state index is 6.43. The molecule has 1 heterocycles. The summed E-state index contributed by atoms with van der Waals surface area (Å²) in [7, 11) is 3.58. The summed E-state index contributed by atoms with van der Waals surface area (Å²) in [5, 5.41) is 1.39. The number of methoxy groups -OCH3 is 1. The molecule has 6 heteroatoms. The third-order valence-electron chi connectivity index (χ3n) is 3.75. The normalized spacial score (nSPS) is 11.0. The third-order valence-corrected chi connectivity index (χ3v) is 4.07. The maximum Gasteiger partial charge on any atom is 0.319 e. The lowest BCUT2D eigenvalue weighted by molar-refractivity contribution is 0.223. The number of ether oxygens (including phenoxy) is 2. The zero-order valence-corrected chi connectivity index (χ0v) is 15.4. The number of halogens is 1. The van der Waals surface area contributed by atoms with Gasteiger partial charge in [0.2, 0.25) is 0 Å². The van der Waals surface area contributed by atoms with Crippen molar-refractivity contribution in [3.63, 3.8) is 0 Å². The highest BCUT2D eigenvalue weighted by atomic mass is 35.5. The van der Waals surface area contributed by atoms with Gasteiger partial charge in [0.1, 0.15) is 11.6 Å². The minimum atomic E-state index is -0.0178. The minimum absolute atomic E-state index is 0.0178. The van der Waals surface area contributed by atoms with Gasteiger partial charge in [-0.1, -0.05) is 17.7 Å². The van der Waals surface area contributed by atoms with Crippen molar-refractivity contribution < 1.29 is 9.47 Å². The molecule has 0 aliphatic carbocycles. The fourth-order valence-corrected chi connectivity index (χ4v) is 2.79. The highest BCUT2D eigenvalue weighted by molar-refractivity contribution is 6.36. The second kappa shape index (κ2) is 7.15. The molecule has 0 fully saturated rings. The van der Waals surface area contributed by atoms with E-state index in [-0.39, 0.29) is 6.10 Å². The van der Waals surface area contributed by atoms with Crippen LogP contribution in [0, 0.1) is 0 Å². The number of rotatable bonds is 5.